The highest BCUT2D eigenvalue weighted by atomic mass is 32.1. The van der Waals surface area contributed by atoms with Gasteiger partial charge in [0.1, 0.15) is 5.71 Å². The number of rotatable bonds is 2. The van der Waals surface area contributed by atoms with Crippen molar-refractivity contribution in [1.82, 2.24) is 10.7 Å². The summed E-state index contributed by atoms with van der Waals surface area (Å²) in [6.07, 6.45) is 0. The molecule has 0 unspecified atom stereocenters. The lowest BCUT2D eigenvalue weighted by Crippen LogP contribution is -2.30. The monoisotopic (exact) mass is 175 g/mol. The van der Waals surface area contributed by atoms with Crippen LogP contribution in [-0.2, 0) is 4.79 Å². The van der Waals surface area contributed by atoms with Crippen LogP contribution in [0.5, 0.6) is 0 Å². The number of hydrogen-bond donors (Lipinski definition) is 3. The van der Waals surface area contributed by atoms with E-state index in [0.29, 0.717) is 0 Å². The lowest BCUT2D eigenvalue weighted by Gasteiger charge is -1.99. The fraction of sp³-hybridized carbons (Fsp3) is 0.400. The molecule has 0 rings (SSSR count). The predicted molar refractivity (Wildman–Crippen MR) is 45.5 cm³/mol. The van der Waals surface area contributed by atoms with Gasteiger partial charge in [0.2, 0.25) is 0 Å². The van der Waals surface area contributed by atoms with Crippen LogP contribution < -0.4 is 10.7 Å². The number of nitrogens with zero attached hydrogens (tertiary/aromatic N) is 1. The van der Waals surface area contributed by atoms with E-state index >= 15 is 0 Å². The van der Waals surface area contributed by atoms with E-state index in [0.717, 1.165) is 0 Å². The van der Waals surface area contributed by atoms with Crippen molar-refractivity contribution in [2.75, 3.05) is 7.05 Å². The number of thiocarbonyl (C=S) groups is 1. The highest BCUT2D eigenvalue weighted by Crippen LogP contribution is 1.74. The van der Waals surface area contributed by atoms with Gasteiger partial charge in [-0.3, -0.25) is 5.43 Å². The zero-order chi connectivity index (χ0) is 8.85. The summed E-state index contributed by atoms with van der Waals surface area (Å²) in [5.74, 6) is -1.07. The molecule has 3 N–H and O–H groups in total. The van der Waals surface area contributed by atoms with Crippen LogP contribution in [-0.4, -0.2) is 28.9 Å². The van der Waals surface area contributed by atoms with Gasteiger partial charge in [-0.05, 0) is 19.1 Å². The molecule has 0 aromatic carbocycles. The zero-order valence-electron chi connectivity index (χ0n) is 6.21. The van der Waals surface area contributed by atoms with Crippen LogP contribution in [0.25, 0.3) is 0 Å². The molecule has 11 heavy (non-hydrogen) atoms. The molecule has 0 atom stereocenters. The third kappa shape index (κ3) is 4.26. The first-order valence-electron chi connectivity index (χ1n) is 2.83. The van der Waals surface area contributed by atoms with Gasteiger partial charge >= 0.3 is 5.97 Å². The van der Waals surface area contributed by atoms with E-state index < -0.39 is 5.97 Å². The van der Waals surface area contributed by atoms with Crippen molar-refractivity contribution < 1.29 is 9.90 Å². The van der Waals surface area contributed by atoms with Crippen LogP contribution in [0.4, 0.5) is 0 Å². The first kappa shape index (κ1) is 9.83. The topological polar surface area (TPSA) is 73.7 Å². The van der Waals surface area contributed by atoms with Gasteiger partial charge < -0.3 is 10.4 Å². The fourth-order valence-corrected chi connectivity index (χ4v) is 0.284. The third-order valence-electron chi connectivity index (χ3n) is 0.862. The highest BCUT2D eigenvalue weighted by molar-refractivity contribution is 7.80. The summed E-state index contributed by atoms with van der Waals surface area (Å²) in [6.45, 7) is 1.37. The lowest BCUT2D eigenvalue weighted by atomic mass is 10.4. The Labute approximate surface area is 69.5 Å². The van der Waals surface area contributed by atoms with Crippen molar-refractivity contribution >= 4 is 29.0 Å². The quantitative estimate of drug-likeness (QED) is 0.301. The largest absolute Gasteiger partial charge is 0.477 e. The Balaban J connectivity index is 3.92. The molecule has 5 nitrogen and oxygen atoms in total. The number of carbonyl (C=O) groups is 1. The molecule has 0 aromatic heterocycles. The maximum atomic E-state index is 10.2. The van der Waals surface area contributed by atoms with Gasteiger partial charge in [0.25, 0.3) is 0 Å². The van der Waals surface area contributed by atoms with E-state index in [1.165, 1.54) is 6.92 Å². The van der Waals surface area contributed by atoms with Gasteiger partial charge in [0, 0.05) is 7.05 Å². The van der Waals surface area contributed by atoms with Gasteiger partial charge in [0.15, 0.2) is 5.11 Å². The molecule has 0 saturated heterocycles. The van der Waals surface area contributed by atoms with Crippen LogP contribution in [0.15, 0.2) is 5.10 Å². The number of carboxylic acid groups (broad SMARTS) is 1. The zero-order valence-corrected chi connectivity index (χ0v) is 7.03. The standard InChI is InChI=1S/C5H9N3O2S/c1-3(4(9)10)7-8-5(11)6-2/h1-2H3,(H,9,10)(H2,6,8,11). The summed E-state index contributed by atoms with van der Waals surface area (Å²) in [4.78, 5) is 10.2. The molecular formula is C5H9N3O2S. The van der Waals surface area contributed by atoms with E-state index in [1.54, 1.807) is 7.05 Å². The van der Waals surface area contributed by atoms with Crippen LogP contribution in [0.3, 0.4) is 0 Å². The van der Waals surface area contributed by atoms with Crippen molar-refractivity contribution in [2.24, 2.45) is 5.10 Å². The Morgan fingerprint density at radius 1 is 1.64 bits per heavy atom. The minimum atomic E-state index is -1.07. The second-order valence-electron chi connectivity index (χ2n) is 1.69. The van der Waals surface area contributed by atoms with E-state index in [4.69, 9.17) is 5.11 Å². The van der Waals surface area contributed by atoms with Crippen LogP contribution in [0, 0.1) is 0 Å². The normalized spacial score (nSPS) is 10.5. The van der Waals surface area contributed by atoms with Crippen molar-refractivity contribution in [1.29, 1.82) is 0 Å². The Hall–Kier alpha value is -1.17. The van der Waals surface area contributed by atoms with Crippen molar-refractivity contribution in [3.8, 4) is 0 Å². The van der Waals surface area contributed by atoms with E-state index in [-0.39, 0.29) is 10.8 Å². The molecule has 0 aliphatic rings. The molecule has 0 aromatic rings. The molecule has 0 saturated carbocycles. The Kier molecular flexibility index (Phi) is 4.12. The molecule has 0 bridgehead atoms. The SMILES string of the molecule is CNC(=S)NN=C(C)C(=O)O. The maximum Gasteiger partial charge on any atom is 0.351 e. The van der Waals surface area contributed by atoms with Gasteiger partial charge in [0.05, 0.1) is 0 Å². The summed E-state index contributed by atoms with van der Waals surface area (Å²) in [5.41, 5.74) is 2.30. The Bertz CT molecular complexity index is 202. The van der Waals surface area contributed by atoms with Gasteiger partial charge in [-0.2, -0.15) is 5.10 Å². The maximum absolute atomic E-state index is 10.2. The van der Waals surface area contributed by atoms with Crippen molar-refractivity contribution in [3.63, 3.8) is 0 Å². The lowest BCUT2D eigenvalue weighted by molar-refractivity contribution is -0.129. The smallest absolute Gasteiger partial charge is 0.351 e. The number of hydrogen-bond acceptors (Lipinski definition) is 3. The van der Waals surface area contributed by atoms with E-state index in [9.17, 15) is 4.79 Å². The Morgan fingerprint density at radius 3 is 2.55 bits per heavy atom. The first-order valence-corrected chi connectivity index (χ1v) is 3.24. The molecule has 0 fully saturated rings. The number of aliphatic carboxylic acids is 1. The van der Waals surface area contributed by atoms with Crippen LogP contribution in [0.1, 0.15) is 6.92 Å². The minimum absolute atomic E-state index is 0.0393. The van der Waals surface area contributed by atoms with Crippen molar-refractivity contribution in [2.45, 2.75) is 6.92 Å². The molecule has 0 aliphatic heterocycles. The van der Waals surface area contributed by atoms with E-state index in [1.807, 2.05) is 0 Å². The van der Waals surface area contributed by atoms with Gasteiger partial charge in [-0.15, -0.1) is 0 Å². The third-order valence-corrected chi connectivity index (χ3v) is 1.16. The molecule has 0 spiro atoms. The number of nitrogens with one attached hydrogen (secondary N) is 2. The molecule has 0 heterocycles. The van der Waals surface area contributed by atoms with Crippen LogP contribution >= 0.6 is 12.2 Å². The second-order valence-corrected chi connectivity index (χ2v) is 2.10. The average molecular weight is 175 g/mol. The molecule has 62 valence electrons. The number of hydrazone groups is 1. The minimum Gasteiger partial charge on any atom is -0.477 e. The summed E-state index contributed by atoms with van der Waals surface area (Å²) in [6, 6.07) is 0. The predicted octanol–water partition coefficient (Wildman–Crippen LogP) is -0.459. The van der Waals surface area contributed by atoms with Crippen molar-refractivity contribution in [3.05, 3.63) is 0 Å². The summed E-state index contributed by atoms with van der Waals surface area (Å²) in [5, 5.41) is 14.7. The van der Waals surface area contributed by atoms with Gasteiger partial charge in [-0.1, -0.05) is 0 Å². The molecule has 0 amide bonds. The second kappa shape index (κ2) is 4.62. The molecule has 0 radical (unpaired) electrons. The van der Waals surface area contributed by atoms with Crippen LogP contribution in [0.2, 0.25) is 0 Å². The average Bonchev–Trinajstić information content (AvgIpc) is 1.99. The summed E-state index contributed by atoms with van der Waals surface area (Å²) < 4.78 is 0. The van der Waals surface area contributed by atoms with E-state index in [2.05, 4.69) is 28.1 Å². The Morgan fingerprint density at radius 2 is 2.18 bits per heavy atom. The molecular weight excluding hydrogens is 166 g/mol. The first-order chi connectivity index (χ1) is 5.07. The molecule has 6 heteroatoms. The van der Waals surface area contributed by atoms with Gasteiger partial charge in [-0.25, -0.2) is 4.79 Å². The highest BCUT2D eigenvalue weighted by Gasteiger charge is 2.00. The summed E-state index contributed by atoms with van der Waals surface area (Å²) >= 11 is 4.64. The molecule has 0 aliphatic carbocycles. The fourth-order valence-electron chi connectivity index (χ4n) is 0.238. The summed E-state index contributed by atoms with van der Waals surface area (Å²) in [7, 11) is 1.61. The number of carboxylic acids is 1.